The molecular formula is C30H36N4O6S. The Morgan fingerprint density at radius 2 is 1.39 bits per heavy atom. The van der Waals surface area contributed by atoms with E-state index in [4.69, 9.17) is 0 Å². The van der Waals surface area contributed by atoms with Gasteiger partial charge in [-0.15, -0.1) is 0 Å². The molecule has 0 spiro atoms. The van der Waals surface area contributed by atoms with Crippen LogP contribution < -0.4 is 20.3 Å². The average molecular weight is 581 g/mol. The molecule has 0 radical (unpaired) electrons. The minimum absolute atomic E-state index is 0.0832. The van der Waals surface area contributed by atoms with E-state index in [0.29, 0.717) is 6.42 Å². The van der Waals surface area contributed by atoms with Crippen molar-refractivity contribution in [1.82, 2.24) is 16.0 Å². The lowest BCUT2D eigenvalue weighted by molar-refractivity contribution is -0.139. The first kappa shape index (κ1) is 31.3. The van der Waals surface area contributed by atoms with E-state index in [9.17, 15) is 27.9 Å². The number of benzene rings is 3. The molecule has 11 heteroatoms. The van der Waals surface area contributed by atoms with Gasteiger partial charge in [-0.2, -0.15) is 0 Å². The van der Waals surface area contributed by atoms with Crippen molar-refractivity contribution in [2.24, 2.45) is 0 Å². The van der Waals surface area contributed by atoms with Gasteiger partial charge >= 0.3 is 5.97 Å². The molecule has 10 nitrogen and oxygen atoms in total. The van der Waals surface area contributed by atoms with Gasteiger partial charge in [0.05, 0.1) is 18.0 Å². The van der Waals surface area contributed by atoms with E-state index in [1.54, 1.807) is 0 Å². The number of hydrogen-bond acceptors (Lipinski definition) is 6. The number of sulfonamides is 1. The summed E-state index contributed by atoms with van der Waals surface area (Å²) in [6.07, 6.45) is 1.44. The van der Waals surface area contributed by atoms with Gasteiger partial charge in [-0.3, -0.25) is 18.7 Å². The summed E-state index contributed by atoms with van der Waals surface area (Å²) in [5.74, 6) is -2.03. The maximum Gasteiger partial charge on any atom is 0.320 e. The van der Waals surface area contributed by atoms with Crippen LogP contribution in [-0.2, 0) is 21.2 Å². The van der Waals surface area contributed by atoms with Crippen LogP contribution in [0.25, 0.3) is 0 Å². The normalized spacial score (nSPS) is 13.5. The lowest BCUT2D eigenvalue weighted by Gasteiger charge is -2.23. The highest BCUT2D eigenvalue weighted by Crippen LogP contribution is 2.22. The minimum atomic E-state index is -3.69. The van der Waals surface area contributed by atoms with Gasteiger partial charge < -0.3 is 21.1 Å². The molecule has 0 aromatic heterocycles. The first-order valence-corrected chi connectivity index (χ1v) is 15.0. The molecule has 3 rings (SSSR count). The maximum atomic E-state index is 13.5. The van der Waals surface area contributed by atoms with Crippen LogP contribution in [0.1, 0.15) is 51.7 Å². The van der Waals surface area contributed by atoms with E-state index in [1.165, 1.54) is 32.2 Å². The highest BCUT2D eigenvalue weighted by molar-refractivity contribution is 7.92. The van der Waals surface area contributed by atoms with Crippen LogP contribution in [0.2, 0.25) is 0 Å². The quantitative estimate of drug-likeness (QED) is 0.243. The molecule has 0 heterocycles. The number of hydrogen-bond donors (Lipinski definition) is 4. The van der Waals surface area contributed by atoms with Gasteiger partial charge in [-0.05, 0) is 49.6 Å². The Morgan fingerprint density at radius 3 is 1.93 bits per heavy atom. The van der Waals surface area contributed by atoms with E-state index in [2.05, 4.69) is 16.0 Å². The van der Waals surface area contributed by atoms with Crippen molar-refractivity contribution in [1.29, 1.82) is 0 Å². The maximum absolute atomic E-state index is 13.5. The van der Waals surface area contributed by atoms with Gasteiger partial charge in [0.15, 0.2) is 0 Å². The summed E-state index contributed by atoms with van der Waals surface area (Å²) in [4.78, 5) is 38.1. The third kappa shape index (κ3) is 9.16. The lowest BCUT2D eigenvalue weighted by Crippen LogP contribution is -2.47. The molecule has 4 N–H and O–H groups in total. The van der Waals surface area contributed by atoms with Crippen molar-refractivity contribution >= 4 is 33.5 Å². The fraction of sp³-hybridized carbons (Fsp3) is 0.300. The standard InChI is InChI=1S/C30H36N4O6S/c1-20(23-13-9-6-10-14-23)32-28(35)24-16-25(18-27(17-24)34(3)41(4,39)40)29(36)33-26(19-31-21(2)30(37)38)15-22-11-7-5-8-12-22/h5-14,16-18,20-21,26,31H,15,19H2,1-4H3,(H,32,35)(H,33,36)(H,37,38)/t20-,21+,26+/m1/s1. The number of nitrogens with one attached hydrogen (secondary N) is 3. The first-order chi connectivity index (χ1) is 19.3. The van der Waals surface area contributed by atoms with Crippen molar-refractivity contribution in [3.8, 4) is 0 Å². The summed E-state index contributed by atoms with van der Waals surface area (Å²) in [6.45, 7) is 3.50. The molecule has 218 valence electrons. The molecule has 0 aliphatic rings. The highest BCUT2D eigenvalue weighted by atomic mass is 32.2. The molecule has 0 saturated heterocycles. The Morgan fingerprint density at radius 1 is 0.854 bits per heavy atom. The zero-order chi connectivity index (χ0) is 30.2. The van der Waals surface area contributed by atoms with Gasteiger partial charge in [0.1, 0.15) is 6.04 Å². The zero-order valence-electron chi connectivity index (χ0n) is 23.5. The monoisotopic (exact) mass is 580 g/mol. The summed E-state index contributed by atoms with van der Waals surface area (Å²) < 4.78 is 25.6. The molecule has 2 amide bonds. The lowest BCUT2D eigenvalue weighted by atomic mass is 10.0. The first-order valence-electron chi connectivity index (χ1n) is 13.1. The molecular weight excluding hydrogens is 544 g/mol. The summed E-state index contributed by atoms with van der Waals surface area (Å²) in [6, 6.07) is 21.3. The van der Waals surface area contributed by atoms with Crippen molar-refractivity contribution in [2.45, 2.75) is 38.4 Å². The second kappa shape index (κ2) is 13.9. The number of anilines is 1. The summed E-state index contributed by atoms with van der Waals surface area (Å²) in [5, 5.41) is 18.0. The zero-order valence-corrected chi connectivity index (χ0v) is 24.3. The number of carbonyl (C=O) groups excluding carboxylic acids is 2. The second-order valence-electron chi connectivity index (χ2n) is 9.93. The molecule has 0 saturated carbocycles. The smallest absolute Gasteiger partial charge is 0.320 e. The molecule has 0 aliphatic heterocycles. The van der Waals surface area contributed by atoms with Crippen LogP contribution in [-0.4, -0.2) is 63.2 Å². The fourth-order valence-electron chi connectivity index (χ4n) is 4.10. The van der Waals surface area contributed by atoms with Crippen LogP contribution in [0.4, 0.5) is 5.69 Å². The molecule has 0 unspecified atom stereocenters. The number of carbonyl (C=O) groups is 3. The largest absolute Gasteiger partial charge is 0.480 e. The topological polar surface area (TPSA) is 145 Å². The Labute approximate surface area is 240 Å². The van der Waals surface area contributed by atoms with E-state index in [1.807, 2.05) is 67.6 Å². The molecule has 3 aromatic rings. The number of carboxylic acids is 1. The van der Waals surface area contributed by atoms with Crippen LogP contribution in [0, 0.1) is 0 Å². The summed E-state index contributed by atoms with van der Waals surface area (Å²) in [5.41, 5.74) is 2.16. The number of carboxylic acid groups (broad SMARTS) is 1. The molecule has 0 bridgehead atoms. The summed E-state index contributed by atoms with van der Waals surface area (Å²) in [7, 11) is -2.35. The van der Waals surface area contributed by atoms with Gasteiger partial charge in [0.25, 0.3) is 11.8 Å². The van der Waals surface area contributed by atoms with E-state index in [-0.39, 0.29) is 29.4 Å². The molecule has 0 aliphatic carbocycles. The number of aliphatic carboxylic acids is 1. The number of rotatable bonds is 13. The molecule has 3 aromatic carbocycles. The van der Waals surface area contributed by atoms with Gasteiger partial charge in [0.2, 0.25) is 10.0 Å². The van der Waals surface area contributed by atoms with Gasteiger partial charge in [-0.1, -0.05) is 60.7 Å². The van der Waals surface area contributed by atoms with Crippen LogP contribution in [0.5, 0.6) is 0 Å². The van der Waals surface area contributed by atoms with Gasteiger partial charge in [-0.25, -0.2) is 8.42 Å². The van der Waals surface area contributed by atoms with Crippen LogP contribution in [0.15, 0.2) is 78.9 Å². The number of nitrogens with zero attached hydrogens (tertiary/aromatic N) is 1. The Hall–Kier alpha value is -4.22. The number of amides is 2. The second-order valence-corrected chi connectivity index (χ2v) is 11.9. The molecule has 0 fully saturated rings. The predicted molar refractivity (Wildman–Crippen MR) is 159 cm³/mol. The SMILES string of the molecule is C[C@H](NC[C@H](Cc1ccccc1)NC(=O)c1cc(C(=O)N[C@H](C)c2ccccc2)cc(N(C)S(C)(=O)=O)c1)C(=O)O. The van der Waals surface area contributed by atoms with Crippen molar-refractivity contribution in [2.75, 3.05) is 24.2 Å². The predicted octanol–water partition coefficient (Wildman–Crippen LogP) is 2.98. The molecule has 3 atom stereocenters. The summed E-state index contributed by atoms with van der Waals surface area (Å²) >= 11 is 0. The highest BCUT2D eigenvalue weighted by Gasteiger charge is 2.22. The van der Waals surface area contributed by atoms with E-state index < -0.39 is 39.9 Å². The minimum Gasteiger partial charge on any atom is -0.480 e. The fourth-order valence-corrected chi connectivity index (χ4v) is 4.59. The van der Waals surface area contributed by atoms with Crippen LogP contribution >= 0.6 is 0 Å². The van der Waals surface area contributed by atoms with E-state index in [0.717, 1.165) is 21.7 Å². The Bertz CT molecular complexity index is 1460. The van der Waals surface area contributed by atoms with E-state index >= 15 is 0 Å². The van der Waals surface area contributed by atoms with Gasteiger partial charge in [0, 0.05) is 30.8 Å². The third-order valence-corrected chi connectivity index (χ3v) is 7.86. The van der Waals surface area contributed by atoms with Crippen molar-refractivity contribution in [3.63, 3.8) is 0 Å². The van der Waals surface area contributed by atoms with Crippen molar-refractivity contribution < 1.29 is 27.9 Å². The Kier molecular flexibility index (Phi) is 10.6. The average Bonchev–Trinajstić information content (AvgIpc) is 2.95. The Balaban J connectivity index is 1.91. The third-order valence-electron chi connectivity index (χ3n) is 6.65. The molecule has 41 heavy (non-hydrogen) atoms. The van der Waals surface area contributed by atoms with Crippen molar-refractivity contribution in [3.05, 3.63) is 101 Å². The van der Waals surface area contributed by atoms with Crippen LogP contribution in [0.3, 0.4) is 0 Å².